The highest BCUT2D eigenvalue weighted by atomic mass is 127. The number of anilines is 1. The number of hydrogen-bond donors (Lipinski definition) is 2. The van der Waals surface area contributed by atoms with Crippen molar-refractivity contribution in [3.05, 3.63) is 27.6 Å². The summed E-state index contributed by atoms with van der Waals surface area (Å²) in [6, 6.07) is 4.77. The van der Waals surface area contributed by atoms with Gasteiger partial charge in [-0.2, -0.15) is 0 Å². The van der Waals surface area contributed by atoms with Crippen molar-refractivity contribution < 1.29 is 9.50 Å². The first-order valence-electron chi connectivity index (χ1n) is 5.06. The normalized spacial score (nSPS) is 25.5. The van der Waals surface area contributed by atoms with E-state index in [1.165, 1.54) is 12.1 Å². The SMILES string of the molecule is O[C@H]1CCC[C@@H]1Nc1ccc(F)cc1I. The number of aliphatic hydroxyl groups excluding tert-OH is 1. The molecule has 2 N–H and O–H groups in total. The lowest BCUT2D eigenvalue weighted by molar-refractivity contribution is 0.172. The van der Waals surface area contributed by atoms with Crippen LogP contribution in [-0.4, -0.2) is 17.3 Å². The molecule has 1 fully saturated rings. The van der Waals surface area contributed by atoms with Gasteiger partial charge < -0.3 is 10.4 Å². The minimum Gasteiger partial charge on any atom is -0.391 e. The van der Waals surface area contributed by atoms with Crippen LogP contribution in [0.15, 0.2) is 18.2 Å². The summed E-state index contributed by atoms with van der Waals surface area (Å²) in [7, 11) is 0. The molecule has 1 aliphatic carbocycles. The minimum absolute atomic E-state index is 0.115. The molecule has 0 unspecified atom stereocenters. The van der Waals surface area contributed by atoms with E-state index in [2.05, 4.69) is 27.9 Å². The molecule has 0 aromatic heterocycles. The standard InChI is InChI=1S/C11H13FINO/c12-7-4-5-9(8(13)6-7)14-10-2-1-3-11(10)15/h4-6,10-11,14-15H,1-3H2/t10-,11-/m0/s1. The number of nitrogens with one attached hydrogen (secondary N) is 1. The molecule has 15 heavy (non-hydrogen) atoms. The minimum atomic E-state index is -0.272. The van der Waals surface area contributed by atoms with E-state index < -0.39 is 0 Å². The molecule has 0 bridgehead atoms. The van der Waals surface area contributed by atoms with E-state index in [9.17, 15) is 9.50 Å². The van der Waals surface area contributed by atoms with Crippen LogP contribution >= 0.6 is 22.6 Å². The van der Waals surface area contributed by atoms with E-state index >= 15 is 0 Å². The molecule has 82 valence electrons. The Morgan fingerprint density at radius 1 is 1.40 bits per heavy atom. The lowest BCUT2D eigenvalue weighted by Crippen LogP contribution is -2.28. The van der Waals surface area contributed by atoms with Crippen LogP contribution in [0.2, 0.25) is 0 Å². The quantitative estimate of drug-likeness (QED) is 0.821. The molecule has 1 aromatic carbocycles. The highest BCUT2D eigenvalue weighted by molar-refractivity contribution is 14.1. The van der Waals surface area contributed by atoms with Crippen LogP contribution in [0, 0.1) is 9.39 Å². The molecule has 0 spiro atoms. The fourth-order valence-electron chi connectivity index (χ4n) is 1.92. The molecule has 0 radical (unpaired) electrons. The Balaban J connectivity index is 2.10. The van der Waals surface area contributed by atoms with Gasteiger partial charge in [-0.25, -0.2) is 4.39 Å². The van der Waals surface area contributed by atoms with Crippen molar-refractivity contribution >= 4 is 28.3 Å². The van der Waals surface area contributed by atoms with Crippen LogP contribution in [-0.2, 0) is 0 Å². The summed E-state index contributed by atoms with van der Waals surface area (Å²) in [6.07, 6.45) is 2.62. The molecule has 1 saturated carbocycles. The molecule has 1 aliphatic rings. The molecule has 2 atom stereocenters. The van der Waals surface area contributed by atoms with Crippen LogP contribution in [0.4, 0.5) is 10.1 Å². The first-order valence-corrected chi connectivity index (χ1v) is 6.14. The maximum Gasteiger partial charge on any atom is 0.124 e. The Morgan fingerprint density at radius 2 is 2.20 bits per heavy atom. The van der Waals surface area contributed by atoms with Gasteiger partial charge in [-0.15, -0.1) is 0 Å². The van der Waals surface area contributed by atoms with Crippen molar-refractivity contribution in [1.29, 1.82) is 0 Å². The van der Waals surface area contributed by atoms with Crippen molar-refractivity contribution in [1.82, 2.24) is 0 Å². The molecular weight excluding hydrogens is 308 g/mol. The van der Waals surface area contributed by atoms with Gasteiger partial charge in [-0.1, -0.05) is 0 Å². The van der Waals surface area contributed by atoms with E-state index in [1.54, 1.807) is 6.07 Å². The second-order valence-corrected chi connectivity index (χ2v) is 5.04. The Labute approximate surface area is 102 Å². The summed E-state index contributed by atoms with van der Waals surface area (Å²) in [4.78, 5) is 0. The smallest absolute Gasteiger partial charge is 0.124 e. The van der Waals surface area contributed by atoms with Gasteiger partial charge in [0, 0.05) is 9.26 Å². The predicted octanol–water partition coefficient (Wildman–Crippen LogP) is 2.76. The van der Waals surface area contributed by atoms with Crippen LogP contribution < -0.4 is 5.32 Å². The van der Waals surface area contributed by atoms with Gasteiger partial charge in [0.25, 0.3) is 0 Å². The lowest BCUT2D eigenvalue weighted by atomic mass is 10.2. The third-order valence-corrected chi connectivity index (χ3v) is 3.64. The average molecular weight is 321 g/mol. The maximum atomic E-state index is 12.9. The summed E-state index contributed by atoms with van der Waals surface area (Å²) in [5.74, 6) is -0.225. The van der Waals surface area contributed by atoms with Crippen molar-refractivity contribution in [2.45, 2.75) is 31.4 Å². The van der Waals surface area contributed by atoms with Gasteiger partial charge in [-0.05, 0) is 60.1 Å². The Bertz CT molecular complexity index is 358. The van der Waals surface area contributed by atoms with Gasteiger partial charge in [0.05, 0.1) is 12.1 Å². The van der Waals surface area contributed by atoms with E-state index in [-0.39, 0.29) is 18.0 Å². The predicted molar refractivity (Wildman–Crippen MR) is 66.4 cm³/mol. The zero-order valence-corrected chi connectivity index (χ0v) is 10.4. The molecular formula is C11H13FINO. The van der Waals surface area contributed by atoms with Crippen LogP contribution in [0.5, 0.6) is 0 Å². The number of aliphatic hydroxyl groups is 1. The molecule has 0 heterocycles. The average Bonchev–Trinajstić information content (AvgIpc) is 2.57. The summed E-state index contributed by atoms with van der Waals surface area (Å²) >= 11 is 2.10. The summed E-state index contributed by atoms with van der Waals surface area (Å²) in [6.45, 7) is 0. The van der Waals surface area contributed by atoms with Crippen LogP contribution in [0.25, 0.3) is 0 Å². The van der Waals surface area contributed by atoms with Gasteiger partial charge >= 0.3 is 0 Å². The summed E-state index contributed by atoms with van der Waals surface area (Å²) in [5, 5.41) is 12.9. The van der Waals surface area contributed by atoms with E-state index in [0.29, 0.717) is 0 Å². The number of rotatable bonds is 2. The van der Waals surface area contributed by atoms with E-state index in [1.807, 2.05) is 0 Å². The molecule has 2 nitrogen and oxygen atoms in total. The van der Waals surface area contributed by atoms with Crippen molar-refractivity contribution in [3.8, 4) is 0 Å². The van der Waals surface area contributed by atoms with Gasteiger partial charge in [0.15, 0.2) is 0 Å². The third-order valence-electron chi connectivity index (χ3n) is 2.75. The van der Waals surface area contributed by atoms with Crippen LogP contribution in [0.3, 0.4) is 0 Å². The molecule has 0 amide bonds. The highest BCUT2D eigenvalue weighted by Crippen LogP contribution is 2.26. The monoisotopic (exact) mass is 321 g/mol. The van der Waals surface area contributed by atoms with Gasteiger partial charge in [0.2, 0.25) is 0 Å². The second-order valence-electron chi connectivity index (χ2n) is 3.87. The summed E-state index contributed by atoms with van der Waals surface area (Å²) in [5.41, 5.74) is 0.906. The number of halogens is 2. The first-order chi connectivity index (χ1) is 7.16. The maximum absolute atomic E-state index is 12.9. The topological polar surface area (TPSA) is 32.3 Å². The Hall–Kier alpha value is -0.360. The molecule has 2 rings (SSSR count). The van der Waals surface area contributed by atoms with Gasteiger partial charge in [-0.3, -0.25) is 0 Å². The molecule has 0 saturated heterocycles. The van der Waals surface area contributed by atoms with E-state index in [0.717, 1.165) is 28.5 Å². The third kappa shape index (κ3) is 2.60. The van der Waals surface area contributed by atoms with Gasteiger partial charge in [0.1, 0.15) is 5.82 Å². The Kier molecular flexibility index (Phi) is 3.45. The summed E-state index contributed by atoms with van der Waals surface area (Å²) < 4.78 is 13.7. The molecule has 0 aliphatic heterocycles. The largest absolute Gasteiger partial charge is 0.391 e. The Morgan fingerprint density at radius 3 is 2.80 bits per heavy atom. The zero-order chi connectivity index (χ0) is 10.8. The van der Waals surface area contributed by atoms with Crippen molar-refractivity contribution in [2.75, 3.05) is 5.32 Å². The lowest BCUT2D eigenvalue weighted by Gasteiger charge is -2.18. The number of hydrogen-bond acceptors (Lipinski definition) is 2. The fourth-order valence-corrected chi connectivity index (χ4v) is 2.55. The van der Waals surface area contributed by atoms with Crippen molar-refractivity contribution in [2.24, 2.45) is 0 Å². The molecule has 1 aromatic rings. The zero-order valence-electron chi connectivity index (χ0n) is 8.21. The number of benzene rings is 1. The molecule has 4 heteroatoms. The second kappa shape index (κ2) is 4.65. The van der Waals surface area contributed by atoms with Crippen LogP contribution in [0.1, 0.15) is 19.3 Å². The van der Waals surface area contributed by atoms with Crippen molar-refractivity contribution in [3.63, 3.8) is 0 Å². The highest BCUT2D eigenvalue weighted by Gasteiger charge is 2.25. The fraction of sp³-hybridized carbons (Fsp3) is 0.455. The van der Waals surface area contributed by atoms with E-state index in [4.69, 9.17) is 0 Å². The first kappa shape index (κ1) is 11.1.